The molecule has 0 radical (unpaired) electrons. The van der Waals surface area contributed by atoms with Crippen LogP contribution in [0.15, 0.2) is 35.6 Å². The molecule has 42 valence electrons. The Morgan fingerprint density at radius 2 is 2.25 bits per heavy atom. The van der Waals surface area contributed by atoms with Crippen molar-refractivity contribution in [2.24, 2.45) is 5.73 Å². The van der Waals surface area contributed by atoms with Crippen molar-refractivity contribution >= 4 is 0 Å². The van der Waals surface area contributed by atoms with Crippen LogP contribution in [-0.2, 0) is 0 Å². The van der Waals surface area contributed by atoms with E-state index in [9.17, 15) is 0 Å². The fourth-order valence-electron chi connectivity index (χ4n) is 0.661. The van der Waals surface area contributed by atoms with E-state index in [1.807, 2.05) is 31.2 Å². The van der Waals surface area contributed by atoms with Crippen molar-refractivity contribution in [2.75, 3.05) is 0 Å². The molecule has 0 fully saturated rings. The Balaban J connectivity index is 2.84. The summed E-state index contributed by atoms with van der Waals surface area (Å²) in [5, 5.41) is 0. The van der Waals surface area contributed by atoms with Crippen molar-refractivity contribution in [3.63, 3.8) is 0 Å². The molecular formula is C7H9N. The summed E-state index contributed by atoms with van der Waals surface area (Å²) in [5.41, 5.74) is 7.48. The van der Waals surface area contributed by atoms with Gasteiger partial charge < -0.3 is 5.73 Å². The zero-order chi connectivity index (χ0) is 5.98. The van der Waals surface area contributed by atoms with Gasteiger partial charge in [-0.25, -0.2) is 0 Å². The standard InChI is InChI=1S/C7H9N/c1-2-6-3-4-7(8)5-6/h2-5H,8H2,1H3/b6-2-. The van der Waals surface area contributed by atoms with Crippen LogP contribution in [0.4, 0.5) is 0 Å². The highest BCUT2D eigenvalue weighted by Crippen LogP contribution is 2.09. The molecule has 0 aromatic heterocycles. The van der Waals surface area contributed by atoms with Gasteiger partial charge in [-0.15, -0.1) is 0 Å². The van der Waals surface area contributed by atoms with Gasteiger partial charge in [0.2, 0.25) is 0 Å². The van der Waals surface area contributed by atoms with Crippen LogP contribution in [0.5, 0.6) is 0 Å². The molecule has 1 heteroatoms. The van der Waals surface area contributed by atoms with Crippen LogP contribution in [0.1, 0.15) is 6.92 Å². The number of allylic oxidation sites excluding steroid dienone is 5. The fourth-order valence-corrected chi connectivity index (χ4v) is 0.661. The number of hydrogen-bond donors (Lipinski definition) is 1. The number of nitrogens with two attached hydrogens (primary N) is 1. The van der Waals surface area contributed by atoms with Gasteiger partial charge >= 0.3 is 0 Å². The van der Waals surface area contributed by atoms with Crippen molar-refractivity contribution in [1.82, 2.24) is 0 Å². The maximum absolute atomic E-state index is 5.43. The molecule has 8 heavy (non-hydrogen) atoms. The first kappa shape index (κ1) is 5.16. The van der Waals surface area contributed by atoms with Crippen molar-refractivity contribution in [1.29, 1.82) is 0 Å². The minimum atomic E-state index is 0.845. The van der Waals surface area contributed by atoms with Crippen LogP contribution in [0, 0.1) is 0 Å². The number of hydrogen-bond acceptors (Lipinski definition) is 1. The average molecular weight is 107 g/mol. The quantitative estimate of drug-likeness (QED) is 0.496. The van der Waals surface area contributed by atoms with Crippen LogP contribution < -0.4 is 5.73 Å². The highest BCUT2D eigenvalue weighted by molar-refractivity contribution is 5.43. The molecule has 1 aliphatic rings. The lowest BCUT2D eigenvalue weighted by atomic mass is 10.3. The van der Waals surface area contributed by atoms with Crippen LogP contribution >= 0.6 is 0 Å². The summed E-state index contributed by atoms with van der Waals surface area (Å²) < 4.78 is 0. The maximum atomic E-state index is 5.43. The van der Waals surface area contributed by atoms with Gasteiger partial charge in [0.05, 0.1) is 0 Å². The molecule has 0 heterocycles. The predicted molar refractivity (Wildman–Crippen MR) is 35.2 cm³/mol. The monoisotopic (exact) mass is 107 g/mol. The van der Waals surface area contributed by atoms with Gasteiger partial charge in [0.1, 0.15) is 0 Å². The van der Waals surface area contributed by atoms with E-state index in [4.69, 9.17) is 5.73 Å². The molecule has 0 amide bonds. The topological polar surface area (TPSA) is 26.0 Å². The normalized spacial score (nSPS) is 22.1. The SMILES string of the molecule is C/C=C1/C=CC(N)=C1. The lowest BCUT2D eigenvalue weighted by molar-refractivity contribution is 1.45. The Morgan fingerprint density at radius 1 is 1.50 bits per heavy atom. The van der Waals surface area contributed by atoms with Gasteiger partial charge in [-0.3, -0.25) is 0 Å². The molecule has 1 nitrogen and oxygen atoms in total. The second-order valence-corrected chi connectivity index (χ2v) is 1.77. The molecule has 0 aromatic rings. The summed E-state index contributed by atoms with van der Waals surface area (Å²) in [6.45, 7) is 1.99. The summed E-state index contributed by atoms with van der Waals surface area (Å²) >= 11 is 0. The summed E-state index contributed by atoms with van der Waals surface area (Å²) in [6.07, 6.45) is 7.86. The second kappa shape index (κ2) is 1.86. The second-order valence-electron chi connectivity index (χ2n) is 1.77. The largest absolute Gasteiger partial charge is 0.399 e. The van der Waals surface area contributed by atoms with E-state index in [1.54, 1.807) is 0 Å². The molecule has 0 unspecified atom stereocenters. The smallest absolute Gasteiger partial charge is 0.0320 e. The van der Waals surface area contributed by atoms with Crippen molar-refractivity contribution in [3.05, 3.63) is 35.6 Å². The molecule has 0 atom stereocenters. The summed E-state index contributed by atoms with van der Waals surface area (Å²) in [6, 6.07) is 0. The summed E-state index contributed by atoms with van der Waals surface area (Å²) in [4.78, 5) is 0. The van der Waals surface area contributed by atoms with Gasteiger partial charge in [-0.1, -0.05) is 12.2 Å². The molecule has 0 aromatic carbocycles. The Morgan fingerprint density at radius 3 is 2.50 bits per heavy atom. The van der Waals surface area contributed by atoms with Crippen LogP contribution in [0.25, 0.3) is 0 Å². The third-order valence-corrected chi connectivity index (χ3v) is 1.13. The van der Waals surface area contributed by atoms with E-state index in [-0.39, 0.29) is 0 Å². The third kappa shape index (κ3) is 0.808. The van der Waals surface area contributed by atoms with Crippen LogP contribution in [0.3, 0.4) is 0 Å². The van der Waals surface area contributed by atoms with Crippen molar-refractivity contribution < 1.29 is 0 Å². The van der Waals surface area contributed by atoms with Gasteiger partial charge in [0.15, 0.2) is 0 Å². The predicted octanol–water partition coefficient (Wildman–Crippen LogP) is 1.35. The van der Waals surface area contributed by atoms with Gasteiger partial charge in [0, 0.05) is 5.70 Å². The lowest BCUT2D eigenvalue weighted by Gasteiger charge is -1.80. The molecule has 0 spiro atoms. The van der Waals surface area contributed by atoms with Crippen molar-refractivity contribution in [2.45, 2.75) is 6.92 Å². The molecule has 0 saturated heterocycles. The van der Waals surface area contributed by atoms with E-state index in [1.165, 1.54) is 5.57 Å². The molecular weight excluding hydrogens is 98.1 g/mol. The van der Waals surface area contributed by atoms with Gasteiger partial charge in [0.25, 0.3) is 0 Å². The highest BCUT2D eigenvalue weighted by Gasteiger charge is 1.93. The lowest BCUT2D eigenvalue weighted by Crippen LogP contribution is -1.87. The molecule has 2 N–H and O–H groups in total. The van der Waals surface area contributed by atoms with Crippen LogP contribution in [-0.4, -0.2) is 0 Å². The zero-order valence-electron chi connectivity index (χ0n) is 4.89. The third-order valence-electron chi connectivity index (χ3n) is 1.13. The molecule has 1 aliphatic carbocycles. The average Bonchev–Trinajstić information content (AvgIpc) is 2.14. The minimum Gasteiger partial charge on any atom is -0.399 e. The van der Waals surface area contributed by atoms with E-state index in [2.05, 4.69) is 0 Å². The molecule has 0 aliphatic heterocycles. The molecule has 0 saturated carbocycles. The maximum Gasteiger partial charge on any atom is 0.0320 e. The van der Waals surface area contributed by atoms with Gasteiger partial charge in [-0.2, -0.15) is 0 Å². The van der Waals surface area contributed by atoms with Gasteiger partial charge in [-0.05, 0) is 24.6 Å². The number of rotatable bonds is 0. The Labute approximate surface area is 49.2 Å². The Kier molecular flexibility index (Phi) is 1.20. The van der Waals surface area contributed by atoms with Crippen LogP contribution in [0.2, 0.25) is 0 Å². The van der Waals surface area contributed by atoms with Crippen molar-refractivity contribution in [3.8, 4) is 0 Å². The first-order valence-electron chi connectivity index (χ1n) is 2.64. The summed E-state index contributed by atoms with van der Waals surface area (Å²) in [7, 11) is 0. The summed E-state index contributed by atoms with van der Waals surface area (Å²) in [5.74, 6) is 0. The Bertz CT molecular complexity index is 173. The zero-order valence-corrected chi connectivity index (χ0v) is 4.89. The van der Waals surface area contributed by atoms with E-state index in [0.717, 1.165) is 5.70 Å². The fraction of sp³-hybridized carbons (Fsp3) is 0.143. The first-order chi connectivity index (χ1) is 3.83. The molecule has 0 bridgehead atoms. The first-order valence-corrected chi connectivity index (χ1v) is 2.64. The van der Waals surface area contributed by atoms with E-state index < -0.39 is 0 Å². The van der Waals surface area contributed by atoms with E-state index >= 15 is 0 Å². The molecule has 1 rings (SSSR count). The Hall–Kier alpha value is -0.980. The van der Waals surface area contributed by atoms with E-state index in [0.29, 0.717) is 0 Å². The minimum absolute atomic E-state index is 0.845. The highest BCUT2D eigenvalue weighted by atomic mass is 14.6.